The standard InChI is InChI=1S/C17H18IN3/c1-10(2)21-17(18)15(12-4-5-12)16(20-21)13-6-7-14(9-19)11(3)8-13/h6-8,10,12H,4-5H2,1-3H3. The molecule has 0 unspecified atom stereocenters. The number of nitriles is 1. The summed E-state index contributed by atoms with van der Waals surface area (Å²) in [4.78, 5) is 0. The van der Waals surface area contributed by atoms with Crippen molar-refractivity contribution in [2.75, 3.05) is 0 Å². The highest BCUT2D eigenvalue weighted by Gasteiger charge is 2.32. The molecule has 0 saturated heterocycles. The Morgan fingerprint density at radius 1 is 1.38 bits per heavy atom. The molecule has 21 heavy (non-hydrogen) atoms. The van der Waals surface area contributed by atoms with Crippen LogP contribution in [0.3, 0.4) is 0 Å². The maximum Gasteiger partial charge on any atom is 0.103 e. The quantitative estimate of drug-likeness (QED) is 0.706. The van der Waals surface area contributed by atoms with Crippen LogP contribution in [-0.2, 0) is 0 Å². The fourth-order valence-electron chi connectivity index (χ4n) is 2.65. The normalized spacial score (nSPS) is 14.5. The van der Waals surface area contributed by atoms with Crippen LogP contribution in [-0.4, -0.2) is 9.78 Å². The first-order valence-electron chi connectivity index (χ1n) is 7.32. The Kier molecular flexibility index (Phi) is 3.78. The summed E-state index contributed by atoms with van der Waals surface area (Å²) in [5.41, 5.74) is 5.39. The molecule has 108 valence electrons. The average molecular weight is 391 g/mol. The van der Waals surface area contributed by atoms with Crippen LogP contribution in [0, 0.1) is 22.0 Å². The molecule has 1 aliphatic carbocycles. The fourth-order valence-corrected chi connectivity index (χ4v) is 4.01. The second kappa shape index (κ2) is 5.45. The summed E-state index contributed by atoms with van der Waals surface area (Å²) in [6.45, 7) is 6.32. The van der Waals surface area contributed by atoms with Gasteiger partial charge in [0.05, 0.1) is 17.3 Å². The predicted octanol–water partition coefficient (Wildman–Crippen LogP) is 4.79. The van der Waals surface area contributed by atoms with Gasteiger partial charge in [-0.3, -0.25) is 4.68 Å². The van der Waals surface area contributed by atoms with Crippen LogP contribution in [0.1, 0.15) is 55.3 Å². The van der Waals surface area contributed by atoms with Crippen molar-refractivity contribution in [3.05, 3.63) is 38.6 Å². The lowest BCUT2D eigenvalue weighted by Gasteiger charge is -2.06. The number of halogens is 1. The van der Waals surface area contributed by atoms with E-state index >= 15 is 0 Å². The van der Waals surface area contributed by atoms with E-state index in [1.54, 1.807) is 0 Å². The molecular weight excluding hydrogens is 373 g/mol. The van der Waals surface area contributed by atoms with Gasteiger partial charge in [0.2, 0.25) is 0 Å². The van der Waals surface area contributed by atoms with E-state index in [-0.39, 0.29) is 0 Å². The molecule has 1 aromatic heterocycles. The van der Waals surface area contributed by atoms with Gasteiger partial charge < -0.3 is 0 Å². The van der Waals surface area contributed by atoms with Crippen LogP contribution in [0.4, 0.5) is 0 Å². The number of rotatable bonds is 3. The maximum absolute atomic E-state index is 9.08. The lowest BCUT2D eigenvalue weighted by molar-refractivity contribution is 0.521. The van der Waals surface area contributed by atoms with E-state index in [2.05, 4.69) is 53.3 Å². The van der Waals surface area contributed by atoms with Gasteiger partial charge in [0.25, 0.3) is 0 Å². The number of aromatic nitrogens is 2. The van der Waals surface area contributed by atoms with Crippen molar-refractivity contribution in [2.45, 2.75) is 45.6 Å². The zero-order valence-electron chi connectivity index (χ0n) is 12.5. The summed E-state index contributed by atoms with van der Waals surface area (Å²) < 4.78 is 3.39. The summed E-state index contributed by atoms with van der Waals surface area (Å²) in [6, 6.07) is 8.62. The van der Waals surface area contributed by atoms with Crippen molar-refractivity contribution in [3.63, 3.8) is 0 Å². The molecule has 0 spiro atoms. The first kappa shape index (κ1) is 14.6. The molecule has 1 heterocycles. The molecule has 0 amide bonds. The van der Waals surface area contributed by atoms with Crippen LogP contribution < -0.4 is 0 Å². The number of hydrogen-bond acceptors (Lipinski definition) is 2. The highest BCUT2D eigenvalue weighted by molar-refractivity contribution is 14.1. The molecule has 1 saturated carbocycles. The first-order chi connectivity index (χ1) is 10.0. The Morgan fingerprint density at radius 2 is 2.10 bits per heavy atom. The zero-order chi connectivity index (χ0) is 15.1. The van der Waals surface area contributed by atoms with Gasteiger partial charge in [0.15, 0.2) is 0 Å². The van der Waals surface area contributed by atoms with Crippen molar-refractivity contribution >= 4 is 22.6 Å². The van der Waals surface area contributed by atoms with Gasteiger partial charge in [-0.2, -0.15) is 10.4 Å². The third-order valence-electron chi connectivity index (χ3n) is 3.98. The van der Waals surface area contributed by atoms with E-state index in [1.165, 1.54) is 22.1 Å². The fraction of sp³-hybridized carbons (Fsp3) is 0.412. The molecule has 3 rings (SSSR count). The van der Waals surface area contributed by atoms with Crippen molar-refractivity contribution in [1.29, 1.82) is 5.26 Å². The number of hydrogen-bond donors (Lipinski definition) is 0. The summed E-state index contributed by atoms with van der Waals surface area (Å²) in [7, 11) is 0. The van der Waals surface area contributed by atoms with E-state index in [9.17, 15) is 0 Å². The van der Waals surface area contributed by atoms with Crippen molar-refractivity contribution in [3.8, 4) is 17.3 Å². The molecule has 1 aromatic carbocycles. The lowest BCUT2D eigenvalue weighted by atomic mass is 10.0. The Balaban J connectivity index is 2.16. The van der Waals surface area contributed by atoms with Gasteiger partial charge >= 0.3 is 0 Å². The average Bonchev–Trinajstić information content (AvgIpc) is 3.21. The van der Waals surface area contributed by atoms with Gasteiger partial charge in [0, 0.05) is 17.2 Å². The van der Waals surface area contributed by atoms with Crippen LogP contribution in [0.5, 0.6) is 0 Å². The van der Waals surface area contributed by atoms with Crippen LogP contribution in [0.25, 0.3) is 11.3 Å². The molecule has 2 aromatic rings. The summed E-state index contributed by atoms with van der Waals surface area (Å²) in [5, 5.41) is 13.9. The van der Waals surface area contributed by atoms with Gasteiger partial charge in [0.1, 0.15) is 3.70 Å². The van der Waals surface area contributed by atoms with Crippen LogP contribution >= 0.6 is 22.6 Å². The lowest BCUT2D eigenvalue weighted by Crippen LogP contribution is -2.05. The third-order valence-corrected chi connectivity index (χ3v) is 5.06. The highest BCUT2D eigenvalue weighted by atomic mass is 127. The predicted molar refractivity (Wildman–Crippen MR) is 92.2 cm³/mol. The van der Waals surface area contributed by atoms with Crippen LogP contribution in [0.2, 0.25) is 0 Å². The van der Waals surface area contributed by atoms with Crippen LogP contribution in [0.15, 0.2) is 18.2 Å². The molecule has 4 heteroatoms. The minimum absolute atomic E-state index is 0.364. The number of benzene rings is 1. The van der Waals surface area contributed by atoms with Gasteiger partial charge in [-0.05, 0) is 79.8 Å². The topological polar surface area (TPSA) is 41.6 Å². The Hall–Kier alpha value is -1.35. The number of nitrogens with zero attached hydrogens (tertiary/aromatic N) is 3. The molecule has 0 N–H and O–H groups in total. The van der Waals surface area contributed by atoms with E-state index in [0.29, 0.717) is 12.0 Å². The van der Waals surface area contributed by atoms with E-state index in [1.807, 2.05) is 19.1 Å². The minimum Gasteiger partial charge on any atom is -0.256 e. The molecule has 0 bridgehead atoms. The summed E-state index contributed by atoms with van der Waals surface area (Å²) in [5.74, 6) is 0.662. The zero-order valence-corrected chi connectivity index (χ0v) is 14.7. The summed E-state index contributed by atoms with van der Waals surface area (Å²) in [6.07, 6.45) is 2.53. The third kappa shape index (κ3) is 2.59. The summed E-state index contributed by atoms with van der Waals surface area (Å²) >= 11 is 2.43. The maximum atomic E-state index is 9.08. The molecule has 0 radical (unpaired) electrons. The van der Waals surface area contributed by atoms with Gasteiger partial charge in [-0.25, -0.2) is 0 Å². The SMILES string of the molecule is Cc1cc(-c2nn(C(C)C)c(I)c2C2CC2)ccc1C#N. The van der Waals surface area contributed by atoms with E-state index in [0.717, 1.165) is 22.4 Å². The molecule has 0 aliphatic heterocycles. The molecular formula is C17H18IN3. The Bertz CT molecular complexity index is 733. The smallest absolute Gasteiger partial charge is 0.103 e. The Labute approximate surface area is 139 Å². The minimum atomic E-state index is 0.364. The first-order valence-corrected chi connectivity index (χ1v) is 8.39. The van der Waals surface area contributed by atoms with Crippen molar-refractivity contribution in [1.82, 2.24) is 9.78 Å². The second-order valence-electron chi connectivity index (χ2n) is 6.01. The van der Waals surface area contributed by atoms with Gasteiger partial charge in [-0.15, -0.1) is 0 Å². The molecule has 0 atom stereocenters. The van der Waals surface area contributed by atoms with E-state index < -0.39 is 0 Å². The largest absolute Gasteiger partial charge is 0.256 e. The molecule has 1 aliphatic rings. The highest BCUT2D eigenvalue weighted by Crippen LogP contribution is 2.46. The Morgan fingerprint density at radius 3 is 2.62 bits per heavy atom. The second-order valence-corrected chi connectivity index (χ2v) is 7.03. The van der Waals surface area contributed by atoms with Crippen molar-refractivity contribution in [2.24, 2.45) is 0 Å². The molecule has 1 fully saturated rings. The molecule has 3 nitrogen and oxygen atoms in total. The monoisotopic (exact) mass is 391 g/mol. The number of aryl methyl sites for hydroxylation is 1. The van der Waals surface area contributed by atoms with Crippen molar-refractivity contribution < 1.29 is 0 Å². The van der Waals surface area contributed by atoms with E-state index in [4.69, 9.17) is 10.4 Å². The van der Waals surface area contributed by atoms with Gasteiger partial charge in [-0.1, -0.05) is 6.07 Å².